The highest BCUT2D eigenvalue weighted by Gasteiger charge is 2.31. The van der Waals surface area contributed by atoms with Crippen molar-refractivity contribution in [2.45, 2.75) is 25.5 Å². The number of amides is 1. The first-order valence-electron chi connectivity index (χ1n) is 7.91. The zero-order valence-electron chi connectivity index (χ0n) is 13.6. The van der Waals surface area contributed by atoms with Crippen molar-refractivity contribution in [2.75, 3.05) is 11.5 Å². The average molecular weight is 362 g/mol. The summed E-state index contributed by atoms with van der Waals surface area (Å²) in [6.45, 7) is 1.45. The van der Waals surface area contributed by atoms with Crippen LogP contribution in [-0.4, -0.2) is 48.9 Å². The van der Waals surface area contributed by atoms with Crippen LogP contribution in [0.15, 0.2) is 36.5 Å². The molecule has 1 aliphatic heterocycles. The van der Waals surface area contributed by atoms with Gasteiger partial charge in [-0.25, -0.2) is 13.2 Å². The number of pyridine rings is 1. The van der Waals surface area contributed by atoms with E-state index < -0.39 is 33.9 Å². The predicted molar refractivity (Wildman–Crippen MR) is 91.8 cm³/mol. The van der Waals surface area contributed by atoms with E-state index in [9.17, 15) is 18.0 Å². The number of ether oxygens (including phenoxy) is 1. The van der Waals surface area contributed by atoms with E-state index in [-0.39, 0.29) is 17.1 Å². The molecule has 2 atom stereocenters. The zero-order valence-corrected chi connectivity index (χ0v) is 14.5. The fraction of sp³-hybridized carbons (Fsp3) is 0.353. The molecule has 0 spiro atoms. The van der Waals surface area contributed by atoms with Crippen LogP contribution in [0.25, 0.3) is 10.9 Å². The van der Waals surface area contributed by atoms with E-state index in [4.69, 9.17) is 4.74 Å². The molecule has 1 N–H and O–H groups in total. The van der Waals surface area contributed by atoms with Gasteiger partial charge >= 0.3 is 5.97 Å². The third-order valence-electron chi connectivity index (χ3n) is 4.08. The van der Waals surface area contributed by atoms with Crippen molar-refractivity contribution >= 4 is 32.6 Å². The maximum Gasteiger partial charge on any atom is 0.341 e. The molecule has 0 radical (unpaired) electrons. The highest BCUT2D eigenvalue weighted by Crippen LogP contribution is 2.17. The Labute approximate surface area is 145 Å². The summed E-state index contributed by atoms with van der Waals surface area (Å²) in [5.74, 6) is -1.17. The minimum atomic E-state index is -3.09. The third kappa shape index (κ3) is 3.96. The van der Waals surface area contributed by atoms with Crippen LogP contribution in [0.3, 0.4) is 0 Å². The number of fused-ring (bicyclic) bond motifs is 1. The van der Waals surface area contributed by atoms with Gasteiger partial charge in [0.05, 0.1) is 22.6 Å². The number of nitrogens with zero attached hydrogens (tertiary/aromatic N) is 1. The monoisotopic (exact) mass is 362 g/mol. The van der Waals surface area contributed by atoms with Crippen molar-refractivity contribution in [3.8, 4) is 0 Å². The fourth-order valence-electron chi connectivity index (χ4n) is 2.77. The normalized spacial score (nSPS) is 20.1. The van der Waals surface area contributed by atoms with Gasteiger partial charge in [-0.2, -0.15) is 0 Å². The number of aromatic nitrogens is 1. The van der Waals surface area contributed by atoms with Crippen molar-refractivity contribution in [1.29, 1.82) is 0 Å². The Balaban J connectivity index is 1.66. The van der Waals surface area contributed by atoms with Crippen LogP contribution in [0.1, 0.15) is 23.7 Å². The molecule has 3 rings (SSSR count). The predicted octanol–water partition coefficient (Wildman–Crippen LogP) is 1.08. The van der Waals surface area contributed by atoms with Gasteiger partial charge in [-0.3, -0.25) is 9.78 Å². The van der Waals surface area contributed by atoms with Crippen molar-refractivity contribution < 1.29 is 22.7 Å². The van der Waals surface area contributed by atoms with Gasteiger partial charge in [0.2, 0.25) is 0 Å². The second-order valence-corrected chi connectivity index (χ2v) is 8.27. The molecular weight excluding hydrogens is 344 g/mol. The number of hydrogen-bond acceptors (Lipinski definition) is 6. The lowest BCUT2D eigenvalue weighted by Crippen LogP contribution is -2.42. The van der Waals surface area contributed by atoms with E-state index in [0.29, 0.717) is 11.9 Å². The number of nitrogens with one attached hydrogen (secondary N) is 1. The van der Waals surface area contributed by atoms with E-state index in [1.54, 1.807) is 24.4 Å². The quantitative estimate of drug-likeness (QED) is 0.817. The summed E-state index contributed by atoms with van der Waals surface area (Å²) in [5.41, 5.74) is 0.783. The molecule has 25 heavy (non-hydrogen) atoms. The van der Waals surface area contributed by atoms with E-state index in [2.05, 4.69) is 10.3 Å². The highest BCUT2D eigenvalue weighted by atomic mass is 32.2. The Morgan fingerprint density at radius 1 is 1.28 bits per heavy atom. The Morgan fingerprint density at radius 3 is 2.76 bits per heavy atom. The van der Waals surface area contributed by atoms with Gasteiger partial charge in [0.15, 0.2) is 15.9 Å². The third-order valence-corrected chi connectivity index (χ3v) is 5.85. The fourth-order valence-corrected chi connectivity index (χ4v) is 4.45. The van der Waals surface area contributed by atoms with Gasteiger partial charge in [-0.1, -0.05) is 18.2 Å². The molecule has 0 aliphatic carbocycles. The summed E-state index contributed by atoms with van der Waals surface area (Å²) in [4.78, 5) is 28.7. The topological polar surface area (TPSA) is 102 Å². The van der Waals surface area contributed by atoms with Gasteiger partial charge in [-0.15, -0.1) is 0 Å². The molecule has 8 heteroatoms. The molecule has 1 aromatic heterocycles. The summed E-state index contributed by atoms with van der Waals surface area (Å²) in [5, 5.41) is 3.41. The Morgan fingerprint density at radius 2 is 2.04 bits per heavy atom. The molecule has 1 amide bonds. The van der Waals surface area contributed by atoms with Gasteiger partial charge in [-0.05, 0) is 25.5 Å². The number of para-hydroxylation sites is 1. The number of benzene rings is 1. The van der Waals surface area contributed by atoms with Crippen LogP contribution in [0.5, 0.6) is 0 Å². The summed E-state index contributed by atoms with van der Waals surface area (Å²) in [6, 6.07) is 8.30. The van der Waals surface area contributed by atoms with Crippen molar-refractivity contribution in [2.24, 2.45) is 0 Å². The first-order valence-corrected chi connectivity index (χ1v) is 9.73. The zero-order chi connectivity index (χ0) is 18.0. The standard InChI is InChI=1S/C17H18N2O5S/c1-11(16(20)19-13-7-9-25(22,23)10-13)24-17(21)14-6-2-4-12-5-3-8-18-15(12)14/h2-6,8,11,13H,7,9-10H2,1H3,(H,19,20)/t11-,13-/m1/s1. The second-order valence-electron chi connectivity index (χ2n) is 6.04. The number of hydrogen-bond donors (Lipinski definition) is 1. The first kappa shape index (κ1) is 17.3. The maximum atomic E-state index is 12.4. The SMILES string of the molecule is C[C@@H](OC(=O)c1cccc2cccnc12)C(=O)N[C@@H]1CCS(=O)(=O)C1. The number of rotatable bonds is 4. The molecule has 2 heterocycles. The van der Waals surface area contributed by atoms with E-state index in [0.717, 1.165) is 5.39 Å². The van der Waals surface area contributed by atoms with Crippen LogP contribution >= 0.6 is 0 Å². The Hall–Kier alpha value is -2.48. The molecule has 1 saturated heterocycles. The molecule has 7 nitrogen and oxygen atoms in total. The molecule has 2 aromatic rings. The molecule has 1 aromatic carbocycles. The molecule has 0 unspecified atom stereocenters. The summed E-state index contributed by atoms with van der Waals surface area (Å²) >= 11 is 0. The van der Waals surface area contributed by atoms with Crippen LogP contribution in [0, 0.1) is 0 Å². The number of esters is 1. The van der Waals surface area contributed by atoms with Crippen LogP contribution in [0.4, 0.5) is 0 Å². The van der Waals surface area contributed by atoms with Gasteiger partial charge in [0, 0.05) is 17.6 Å². The van der Waals surface area contributed by atoms with E-state index >= 15 is 0 Å². The summed E-state index contributed by atoms with van der Waals surface area (Å²) < 4.78 is 28.1. The number of carbonyl (C=O) groups is 2. The summed E-state index contributed by atoms with van der Waals surface area (Å²) in [7, 11) is -3.09. The van der Waals surface area contributed by atoms with Crippen LogP contribution in [-0.2, 0) is 19.4 Å². The van der Waals surface area contributed by atoms with Crippen molar-refractivity contribution in [3.63, 3.8) is 0 Å². The molecule has 0 saturated carbocycles. The summed E-state index contributed by atoms with van der Waals surface area (Å²) in [6.07, 6.45) is 0.923. The Kier molecular flexibility index (Phi) is 4.71. The smallest absolute Gasteiger partial charge is 0.341 e. The minimum absolute atomic E-state index is 0.0633. The second kappa shape index (κ2) is 6.79. The highest BCUT2D eigenvalue weighted by molar-refractivity contribution is 7.91. The maximum absolute atomic E-state index is 12.4. The van der Waals surface area contributed by atoms with E-state index in [1.807, 2.05) is 12.1 Å². The largest absolute Gasteiger partial charge is 0.449 e. The van der Waals surface area contributed by atoms with Gasteiger partial charge < -0.3 is 10.1 Å². The van der Waals surface area contributed by atoms with Crippen molar-refractivity contribution in [3.05, 3.63) is 42.1 Å². The molecule has 132 valence electrons. The lowest BCUT2D eigenvalue weighted by Gasteiger charge is -2.16. The molecule has 0 bridgehead atoms. The average Bonchev–Trinajstić information content (AvgIpc) is 2.92. The number of carbonyl (C=O) groups excluding carboxylic acids is 2. The minimum Gasteiger partial charge on any atom is -0.449 e. The molecular formula is C17H18N2O5S. The molecule has 1 aliphatic rings. The van der Waals surface area contributed by atoms with Gasteiger partial charge in [0.1, 0.15) is 0 Å². The van der Waals surface area contributed by atoms with Gasteiger partial charge in [0.25, 0.3) is 5.91 Å². The van der Waals surface area contributed by atoms with Crippen molar-refractivity contribution in [1.82, 2.24) is 10.3 Å². The Bertz CT molecular complexity index is 920. The first-order chi connectivity index (χ1) is 11.9. The van der Waals surface area contributed by atoms with Crippen LogP contribution in [0.2, 0.25) is 0 Å². The van der Waals surface area contributed by atoms with E-state index in [1.165, 1.54) is 6.92 Å². The van der Waals surface area contributed by atoms with Crippen LogP contribution < -0.4 is 5.32 Å². The number of sulfone groups is 1. The lowest BCUT2D eigenvalue weighted by molar-refractivity contribution is -0.129. The lowest BCUT2D eigenvalue weighted by atomic mass is 10.1. The molecule has 1 fully saturated rings.